The molecule has 2 rings (SSSR count). The molecule has 1 unspecified atom stereocenters. The van der Waals surface area contributed by atoms with Crippen molar-refractivity contribution < 1.29 is 24.5 Å². The molecule has 2 aliphatic rings. The van der Waals surface area contributed by atoms with Crippen LogP contribution < -0.4 is 5.73 Å². The van der Waals surface area contributed by atoms with E-state index in [0.29, 0.717) is 18.7 Å². The van der Waals surface area contributed by atoms with Gasteiger partial charge in [-0.2, -0.15) is 0 Å². The first kappa shape index (κ1) is 15.8. The summed E-state index contributed by atoms with van der Waals surface area (Å²) in [5.74, 6) is -2.00. The highest BCUT2D eigenvalue weighted by Crippen LogP contribution is 2.48. The van der Waals surface area contributed by atoms with E-state index in [4.69, 9.17) is 10.5 Å². The summed E-state index contributed by atoms with van der Waals surface area (Å²) in [4.78, 5) is 24.7. The number of allylic oxidation sites excluding steroid dienone is 1. The quantitative estimate of drug-likeness (QED) is 0.606. The number of hydrogen-bond donors (Lipinski definition) is 3. The average Bonchev–Trinajstić information content (AvgIpc) is 2.71. The smallest absolute Gasteiger partial charge is 0.356 e. The Balaban J connectivity index is 2.33. The van der Waals surface area contributed by atoms with Crippen molar-refractivity contribution in [1.82, 2.24) is 4.90 Å². The van der Waals surface area contributed by atoms with Gasteiger partial charge in [0.2, 0.25) is 5.91 Å². The van der Waals surface area contributed by atoms with Crippen LogP contribution in [0, 0.1) is 11.3 Å². The summed E-state index contributed by atoms with van der Waals surface area (Å²) in [7, 11) is 0. The standard InChI is InChI=1S/C14H22N2O5/c1-7(17)8-11(18)16-9(13(19)20)10(21-12(8)16)14(2,3)5-4-6-15/h7-8,12,17H,4-6,15H2,1-3H3,(H,19,20)/t7?,8-,12+/m0/s1. The predicted molar refractivity (Wildman–Crippen MR) is 73.6 cm³/mol. The lowest BCUT2D eigenvalue weighted by Crippen LogP contribution is -2.62. The number of β-lactam (4-membered cyclic amide) rings is 1. The van der Waals surface area contributed by atoms with Gasteiger partial charge in [-0.3, -0.25) is 9.69 Å². The van der Waals surface area contributed by atoms with Crippen LogP contribution in [0.2, 0.25) is 0 Å². The fourth-order valence-electron chi connectivity index (χ4n) is 2.92. The maximum atomic E-state index is 12.1. The molecular formula is C14H22N2O5. The van der Waals surface area contributed by atoms with E-state index < -0.39 is 35.5 Å². The molecule has 1 fully saturated rings. The number of carboxylic acids is 1. The van der Waals surface area contributed by atoms with Gasteiger partial charge >= 0.3 is 5.97 Å². The first-order chi connectivity index (χ1) is 9.72. The van der Waals surface area contributed by atoms with Crippen molar-refractivity contribution in [3.05, 3.63) is 11.5 Å². The van der Waals surface area contributed by atoms with E-state index in [1.807, 2.05) is 13.8 Å². The molecule has 21 heavy (non-hydrogen) atoms. The Labute approximate surface area is 123 Å². The molecule has 118 valence electrons. The summed E-state index contributed by atoms with van der Waals surface area (Å²) in [5, 5.41) is 19.1. The molecule has 0 aromatic carbocycles. The third-order valence-electron chi connectivity index (χ3n) is 4.12. The molecule has 0 spiro atoms. The molecule has 0 aromatic rings. The van der Waals surface area contributed by atoms with Gasteiger partial charge in [0.15, 0.2) is 11.9 Å². The van der Waals surface area contributed by atoms with Crippen LogP contribution in [0.3, 0.4) is 0 Å². The normalized spacial score (nSPS) is 26.3. The lowest BCUT2D eigenvalue weighted by Gasteiger charge is -2.42. The number of nitrogens with two attached hydrogens (primary N) is 1. The van der Waals surface area contributed by atoms with E-state index in [1.165, 1.54) is 6.92 Å². The second kappa shape index (κ2) is 5.31. The van der Waals surface area contributed by atoms with E-state index in [1.54, 1.807) is 0 Å². The van der Waals surface area contributed by atoms with Gasteiger partial charge in [-0.05, 0) is 26.3 Å². The molecule has 0 saturated carbocycles. The third kappa shape index (κ3) is 2.40. The van der Waals surface area contributed by atoms with E-state index in [9.17, 15) is 19.8 Å². The fraction of sp³-hybridized carbons (Fsp3) is 0.714. The topological polar surface area (TPSA) is 113 Å². The minimum absolute atomic E-state index is 0.107. The maximum Gasteiger partial charge on any atom is 0.356 e. The Morgan fingerprint density at radius 2 is 2.14 bits per heavy atom. The van der Waals surface area contributed by atoms with E-state index in [-0.39, 0.29) is 5.70 Å². The first-order valence-corrected chi connectivity index (χ1v) is 7.08. The molecule has 2 aliphatic heterocycles. The zero-order valence-electron chi connectivity index (χ0n) is 12.5. The highest BCUT2D eigenvalue weighted by Gasteiger charge is 2.60. The minimum atomic E-state index is -1.19. The summed E-state index contributed by atoms with van der Waals surface area (Å²) < 4.78 is 5.74. The van der Waals surface area contributed by atoms with Gasteiger partial charge in [0, 0.05) is 5.41 Å². The van der Waals surface area contributed by atoms with Gasteiger partial charge < -0.3 is 20.7 Å². The summed E-state index contributed by atoms with van der Waals surface area (Å²) in [6, 6.07) is 0. The number of carbonyl (C=O) groups excluding carboxylic acids is 1. The largest absolute Gasteiger partial charge is 0.476 e. The third-order valence-corrected chi connectivity index (χ3v) is 4.12. The second-order valence-corrected chi connectivity index (χ2v) is 6.24. The van der Waals surface area contributed by atoms with Crippen molar-refractivity contribution in [2.45, 2.75) is 45.9 Å². The van der Waals surface area contributed by atoms with Gasteiger partial charge in [0.25, 0.3) is 0 Å². The lowest BCUT2D eigenvalue weighted by atomic mass is 9.84. The van der Waals surface area contributed by atoms with Crippen molar-refractivity contribution in [2.75, 3.05) is 6.54 Å². The van der Waals surface area contributed by atoms with Gasteiger partial charge in [-0.25, -0.2) is 4.79 Å². The molecule has 3 atom stereocenters. The van der Waals surface area contributed by atoms with Crippen molar-refractivity contribution in [3.8, 4) is 0 Å². The maximum absolute atomic E-state index is 12.1. The van der Waals surface area contributed by atoms with E-state index in [0.717, 1.165) is 11.3 Å². The number of amides is 1. The summed E-state index contributed by atoms with van der Waals surface area (Å²) in [6.45, 7) is 5.74. The van der Waals surface area contributed by atoms with Crippen molar-refractivity contribution in [3.63, 3.8) is 0 Å². The molecular weight excluding hydrogens is 276 g/mol. The van der Waals surface area contributed by atoms with E-state index >= 15 is 0 Å². The Kier molecular flexibility index (Phi) is 3.99. The first-order valence-electron chi connectivity index (χ1n) is 7.08. The lowest BCUT2D eigenvalue weighted by molar-refractivity contribution is -0.183. The van der Waals surface area contributed by atoms with Crippen molar-refractivity contribution in [1.29, 1.82) is 0 Å². The zero-order chi connectivity index (χ0) is 15.9. The molecule has 0 bridgehead atoms. The van der Waals surface area contributed by atoms with Gasteiger partial charge in [-0.1, -0.05) is 13.8 Å². The van der Waals surface area contributed by atoms with Gasteiger partial charge in [-0.15, -0.1) is 0 Å². The summed E-state index contributed by atoms with van der Waals surface area (Å²) in [6.07, 6.45) is -0.203. The number of aliphatic carboxylic acids is 1. The number of fused-ring (bicyclic) bond motifs is 1. The number of aliphatic hydroxyl groups is 1. The van der Waals surface area contributed by atoms with Crippen LogP contribution in [0.5, 0.6) is 0 Å². The molecule has 2 heterocycles. The van der Waals surface area contributed by atoms with Crippen molar-refractivity contribution >= 4 is 11.9 Å². The second-order valence-electron chi connectivity index (χ2n) is 6.24. The molecule has 1 saturated heterocycles. The number of rotatable bonds is 6. The van der Waals surface area contributed by atoms with Crippen LogP contribution in [-0.4, -0.2) is 45.9 Å². The number of carboxylic acid groups (broad SMARTS) is 1. The Bertz CT molecular complexity index is 498. The summed E-state index contributed by atoms with van der Waals surface area (Å²) >= 11 is 0. The molecule has 7 nitrogen and oxygen atoms in total. The number of nitrogens with zero attached hydrogens (tertiary/aromatic N) is 1. The molecule has 7 heteroatoms. The minimum Gasteiger partial charge on any atom is -0.476 e. The van der Waals surface area contributed by atoms with Crippen LogP contribution in [0.1, 0.15) is 33.6 Å². The van der Waals surface area contributed by atoms with Crippen LogP contribution >= 0.6 is 0 Å². The number of carbonyl (C=O) groups is 2. The number of aliphatic hydroxyl groups excluding tert-OH is 1. The van der Waals surface area contributed by atoms with Crippen LogP contribution in [0.25, 0.3) is 0 Å². The van der Waals surface area contributed by atoms with Crippen molar-refractivity contribution in [2.24, 2.45) is 17.1 Å². The molecule has 1 amide bonds. The van der Waals surface area contributed by atoms with Crippen LogP contribution in [-0.2, 0) is 14.3 Å². The van der Waals surface area contributed by atoms with Crippen LogP contribution in [0.4, 0.5) is 0 Å². The van der Waals surface area contributed by atoms with Gasteiger partial charge in [0.05, 0.1) is 6.10 Å². The van der Waals surface area contributed by atoms with E-state index in [2.05, 4.69) is 0 Å². The molecule has 0 aromatic heterocycles. The molecule has 0 aliphatic carbocycles. The fourth-order valence-corrected chi connectivity index (χ4v) is 2.92. The SMILES string of the molecule is CC(O)[C@H]1C(=O)N2C(C(=O)O)=C(C(C)(C)CCCN)O[C@H]12. The molecule has 0 radical (unpaired) electrons. The Hall–Kier alpha value is -1.60. The monoisotopic (exact) mass is 298 g/mol. The highest BCUT2D eigenvalue weighted by atomic mass is 16.5. The van der Waals surface area contributed by atoms with Gasteiger partial charge in [0.1, 0.15) is 11.7 Å². The highest BCUT2D eigenvalue weighted by molar-refractivity contribution is 5.98. The zero-order valence-corrected chi connectivity index (χ0v) is 12.5. The van der Waals surface area contributed by atoms with Crippen LogP contribution in [0.15, 0.2) is 11.5 Å². The Morgan fingerprint density at radius 3 is 2.62 bits per heavy atom. The number of ether oxygens (including phenoxy) is 1. The predicted octanol–water partition coefficient (Wildman–Crippen LogP) is 0.243. The average molecular weight is 298 g/mol. The molecule has 4 N–H and O–H groups in total. The summed E-state index contributed by atoms with van der Waals surface area (Å²) in [5.41, 5.74) is 4.87. The number of hydrogen-bond acceptors (Lipinski definition) is 5. The Morgan fingerprint density at radius 1 is 1.52 bits per heavy atom.